The molecule has 0 saturated carbocycles. The molecule has 7 rings (SSSR count). The number of nitrogens with two attached hydrogens (primary N) is 2. The minimum absolute atomic E-state index is 0.00981. The fourth-order valence-corrected chi connectivity index (χ4v) is 14.5. The number of carbonyl (C=O) groups excluding carboxylic acids is 11. The van der Waals surface area contributed by atoms with Gasteiger partial charge in [0.2, 0.25) is 53.2 Å². The number of carboxylic acids is 1. The number of carboxylic acid groups (broad SMARTS) is 1. The molecule has 0 unspecified atom stereocenters. The Kier molecular flexibility index (Phi) is 34.8. The summed E-state index contributed by atoms with van der Waals surface area (Å²) in [5, 5.41) is 83.7. The van der Waals surface area contributed by atoms with Gasteiger partial charge in [0.05, 0.1) is 28.4 Å². The zero-order valence-corrected chi connectivity index (χ0v) is 65.6. The molecular weight excluding hydrogens is 1580 g/mol. The fourth-order valence-electron chi connectivity index (χ4n) is 11.6. The molecule has 0 radical (unpaired) electrons. The van der Waals surface area contributed by atoms with Gasteiger partial charge in [-0.1, -0.05) is 157 Å². The number of phenols is 1. The molecule has 596 valence electrons. The van der Waals surface area contributed by atoms with Crippen molar-refractivity contribution in [2.75, 3.05) is 31.7 Å². The van der Waals surface area contributed by atoms with E-state index in [1.807, 2.05) is 42.5 Å². The van der Waals surface area contributed by atoms with Crippen LogP contribution in [0.2, 0.25) is 0 Å². The van der Waals surface area contributed by atoms with Crippen LogP contribution < -0.4 is 70.0 Å². The van der Waals surface area contributed by atoms with Gasteiger partial charge >= 0.3 is 5.97 Å². The van der Waals surface area contributed by atoms with Crippen molar-refractivity contribution in [3.05, 3.63) is 183 Å². The van der Waals surface area contributed by atoms with Crippen molar-refractivity contribution in [1.82, 2.24) is 63.4 Å². The zero-order chi connectivity index (χ0) is 81.0. The topological polar surface area (TPSA) is 494 Å². The van der Waals surface area contributed by atoms with Crippen LogP contribution in [-0.2, 0) is 85.0 Å². The van der Waals surface area contributed by atoms with E-state index in [-0.39, 0.29) is 55.3 Å². The average Bonchev–Trinajstić information content (AvgIpc) is 0.816. The van der Waals surface area contributed by atoms with Crippen molar-refractivity contribution in [2.45, 2.75) is 164 Å². The van der Waals surface area contributed by atoms with E-state index in [0.29, 0.717) is 50.6 Å². The van der Waals surface area contributed by atoms with E-state index in [9.17, 15) is 59.1 Å². The monoisotopic (exact) mass is 1680 g/mol. The molecule has 11 amide bonds. The largest absolute Gasteiger partial charge is 0.507 e. The number of carbonyl (C=O) groups is 12. The molecule has 6 aromatic carbocycles. The maximum Gasteiger partial charge on any atom is 0.327 e. The van der Waals surface area contributed by atoms with Crippen LogP contribution in [0, 0.1) is 3.57 Å². The lowest BCUT2D eigenvalue weighted by Gasteiger charge is -2.32. The van der Waals surface area contributed by atoms with Gasteiger partial charge in [-0.05, 0) is 125 Å². The third-order valence-corrected chi connectivity index (χ3v) is 21.3. The van der Waals surface area contributed by atoms with Gasteiger partial charge in [0.1, 0.15) is 60.1 Å². The molecular formula is C77H97IN14O17S2. The first-order chi connectivity index (χ1) is 52.9. The Balaban J connectivity index is 1.35. The molecule has 1 aliphatic rings. The van der Waals surface area contributed by atoms with Crippen LogP contribution in [0.3, 0.4) is 0 Å². The van der Waals surface area contributed by atoms with Gasteiger partial charge in [-0.15, -0.1) is 0 Å². The van der Waals surface area contributed by atoms with Crippen molar-refractivity contribution in [3.63, 3.8) is 0 Å². The standard InChI is InChI=1S/C77H97IN14O17S2/c1-42(2)81-38-48-25-23-47(24-26-48)35-57-69(100)89-63(43(3)94)73(104)85-59(36-49-27-30-62(96)53(78)32-49)70(101)90-64(44(4)95)74(105)87-60(39-93)72(103)88-61(77(108)109)41-111-110-40-54(80)66(97)82-55(22-14-15-31-79)67(98)83-56(33-45-16-8-6-9-17-45)68(99)84-58(34-46-18-10-7-11-19-46)71(102)91-65(75(106)86-57)92(5)76(107)52-29-28-50-20-12-13-21-51(50)37-52/h6-13,16-21,23-30,32,37,42-44,54-61,63-65,81,93-96H,14-15,22,31,33-36,38-41,79-80H2,1-5H3,(H,82,97)(H,83,98)(H,84,99)(H,85,104)(H,86,106)(H,87,105)(H,88,103)(H,89,100)(H,90,101)(H,91,102)(H,108,109)/t43-,44-,54+,55+,56+,57+,58+,59+,60+,61+,63-,64+,65-/m1/s1. The lowest BCUT2D eigenvalue weighted by Crippen LogP contribution is -2.65. The van der Waals surface area contributed by atoms with Crippen molar-refractivity contribution in [2.24, 2.45) is 11.5 Å². The van der Waals surface area contributed by atoms with Gasteiger partial charge in [0.15, 0.2) is 6.17 Å². The normalized spacial score (nSPS) is 23.0. The Morgan fingerprint density at radius 1 is 0.505 bits per heavy atom. The molecule has 13 atom stereocenters. The number of hydrogen-bond acceptors (Lipinski definition) is 21. The number of fused-ring (bicyclic) bond motifs is 1. The van der Waals surface area contributed by atoms with Crippen molar-refractivity contribution in [1.29, 1.82) is 0 Å². The summed E-state index contributed by atoms with van der Waals surface area (Å²) in [5.74, 6) is -14.1. The number of nitrogens with zero attached hydrogens (tertiary/aromatic N) is 1. The Labute approximate surface area is 663 Å². The van der Waals surface area contributed by atoms with Crippen LogP contribution in [-0.4, -0.2) is 218 Å². The summed E-state index contributed by atoms with van der Waals surface area (Å²) in [6, 6.07) is 23.0. The molecule has 6 aromatic rings. The number of amides is 11. The third-order valence-electron chi connectivity index (χ3n) is 18.0. The van der Waals surface area contributed by atoms with E-state index in [4.69, 9.17) is 11.5 Å². The highest BCUT2D eigenvalue weighted by atomic mass is 127. The van der Waals surface area contributed by atoms with Gasteiger partial charge in [-0.2, -0.15) is 0 Å². The van der Waals surface area contributed by atoms with E-state index in [1.54, 1.807) is 115 Å². The first kappa shape index (κ1) is 88.4. The van der Waals surface area contributed by atoms with E-state index < -0.39 is 169 Å². The smallest absolute Gasteiger partial charge is 0.327 e. The molecule has 111 heavy (non-hydrogen) atoms. The summed E-state index contributed by atoms with van der Waals surface area (Å²) in [7, 11) is 3.01. The molecule has 0 aromatic heterocycles. The summed E-state index contributed by atoms with van der Waals surface area (Å²) in [5.41, 5.74) is 14.9. The number of aromatic hydroxyl groups is 1. The molecule has 31 nitrogen and oxygen atoms in total. The Morgan fingerprint density at radius 3 is 1.47 bits per heavy atom. The molecule has 1 saturated heterocycles. The summed E-state index contributed by atoms with van der Waals surface area (Å²) in [4.78, 5) is 177. The van der Waals surface area contributed by atoms with Gasteiger partial charge in [0.25, 0.3) is 11.8 Å². The zero-order valence-electron chi connectivity index (χ0n) is 61.9. The summed E-state index contributed by atoms with van der Waals surface area (Å²) >= 11 is 1.82. The number of aliphatic carboxylic acids is 1. The van der Waals surface area contributed by atoms with Crippen LogP contribution >= 0.6 is 44.2 Å². The second-order valence-corrected chi connectivity index (χ2v) is 30.9. The number of benzene rings is 6. The van der Waals surface area contributed by atoms with Crippen LogP contribution in [0.5, 0.6) is 5.75 Å². The Hall–Kier alpha value is -9.79. The minimum Gasteiger partial charge on any atom is -0.507 e. The predicted molar refractivity (Wildman–Crippen MR) is 426 cm³/mol. The van der Waals surface area contributed by atoms with Crippen molar-refractivity contribution >= 4 is 126 Å². The molecule has 20 N–H and O–H groups in total. The number of unbranched alkanes of at least 4 members (excludes halogenated alkanes) is 1. The quantitative estimate of drug-likeness (QED) is 0.0260. The Bertz CT molecular complexity index is 4210. The van der Waals surface area contributed by atoms with Crippen LogP contribution in [0.4, 0.5) is 0 Å². The average molecular weight is 1680 g/mol. The number of nitrogens with one attached hydrogen (secondary N) is 11. The number of phenolic OH excluding ortho intramolecular Hbond substituents is 1. The number of likely N-dealkylation sites (N-methyl/N-ethyl adjacent to an activating group) is 1. The van der Waals surface area contributed by atoms with Gasteiger partial charge in [0, 0.05) is 62.4 Å². The molecule has 0 aliphatic carbocycles. The first-order valence-electron chi connectivity index (χ1n) is 36.0. The van der Waals surface area contributed by atoms with Gasteiger partial charge < -0.3 is 100 Å². The lowest BCUT2D eigenvalue weighted by atomic mass is 10.0. The van der Waals surface area contributed by atoms with E-state index in [1.165, 1.54) is 31.3 Å². The van der Waals surface area contributed by atoms with E-state index in [2.05, 4.69) is 58.5 Å². The summed E-state index contributed by atoms with van der Waals surface area (Å²) < 4.78 is 0.299. The molecule has 1 fully saturated rings. The predicted octanol–water partition coefficient (Wildman–Crippen LogP) is 0.186. The maximum atomic E-state index is 15.7. The second-order valence-electron chi connectivity index (χ2n) is 27.2. The molecule has 0 bridgehead atoms. The van der Waals surface area contributed by atoms with Gasteiger partial charge in [-0.3, -0.25) is 52.7 Å². The highest BCUT2D eigenvalue weighted by Crippen LogP contribution is 2.25. The van der Waals surface area contributed by atoms with Crippen LogP contribution in [0.25, 0.3) is 10.8 Å². The highest BCUT2D eigenvalue weighted by molar-refractivity contribution is 14.1. The number of aliphatic hydroxyl groups excluding tert-OH is 3. The molecule has 34 heteroatoms. The second kappa shape index (κ2) is 43.7. The number of aliphatic hydroxyl groups is 3. The maximum absolute atomic E-state index is 15.7. The number of halogens is 1. The van der Waals surface area contributed by atoms with E-state index in [0.717, 1.165) is 51.3 Å². The first-order valence-corrected chi connectivity index (χ1v) is 39.6. The molecule has 1 aliphatic heterocycles. The Morgan fingerprint density at radius 2 is 0.946 bits per heavy atom. The fraction of sp³-hybridized carbons (Fsp3) is 0.403. The van der Waals surface area contributed by atoms with Gasteiger partial charge in [-0.25, -0.2) is 4.79 Å². The number of hydrogen-bond donors (Lipinski definition) is 18. The van der Waals surface area contributed by atoms with Crippen LogP contribution in [0.1, 0.15) is 85.1 Å². The lowest BCUT2D eigenvalue weighted by molar-refractivity contribution is -0.142. The molecule has 1 heterocycles. The number of rotatable bonds is 21. The van der Waals surface area contributed by atoms with E-state index >= 15 is 24.0 Å². The van der Waals surface area contributed by atoms with Crippen molar-refractivity contribution in [3.8, 4) is 5.75 Å². The van der Waals surface area contributed by atoms with Crippen molar-refractivity contribution < 1.29 is 83.1 Å². The summed E-state index contributed by atoms with van der Waals surface area (Å²) in [6.45, 7) is 5.65. The highest BCUT2D eigenvalue weighted by Gasteiger charge is 2.40. The minimum atomic E-state index is -2.07. The van der Waals surface area contributed by atoms with Crippen LogP contribution in [0.15, 0.2) is 146 Å². The SMILES string of the molecule is CC(C)NCc1ccc(C[C@@H]2NC(=O)[C@@H](N(C)C(=O)c3ccc4ccccc4c3)NC(=O)[C@H](Cc3ccccc3)NC(=O)[C@H](Cc3ccccc3)NC(=O)[C@H](CCCCN)NC(=O)[C@@H](N)CSSC[C@@H](C(=O)O)NC(=O)[C@H](CO)NC(=O)[C@H]([C@@H](C)O)NC(=O)[C@H](Cc3ccc(O)c(I)c3)NC(=O)[C@@H]([C@@H](C)O)NC2=O)cc1. The third kappa shape index (κ3) is 27.3. The summed E-state index contributed by atoms with van der Waals surface area (Å²) in [6.07, 6.45) is -6.25. The molecule has 0 spiro atoms.